The average Bonchev–Trinajstić information content (AvgIpc) is 2.94. The number of urea groups is 1. The largest absolute Gasteiger partial charge is 0.454 e. The van der Waals surface area contributed by atoms with Crippen LogP contribution in [0.2, 0.25) is 0 Å². The highest BCUT2D eigenvalue weighted by Crippen LogP contribution is 2.34. The van der Waals surface area contributed by atoms with Crippen LogP contribution in [0.4, 0.5) is 39.5 Å². The van der Waals surface area contributed by atoms with Crippen molar-refractivity contribution >= 4 is 34.3 Å². The van der Waals surface area contributed by atoms with E-state index in [1.54, 1.807) is 24.4 Å². The number of nitrogens with one attached hydrogen (secondary N) is 3. The lowest BCUT2D eigenvalue weighted by Crippen LogP contribution is -2.43. The number of ether oxygens (including phenoxy) is 1. The second-order valence-electron chi connectivity index (χ2n) is 8.81. The van der Waals surface area contributed by atoms with Gasteiger partial charge in [0.25, 0.3) is 0 Å². The lowest BCUT2D eigenvalue weighted by molar-refractivity contribution is -0.137. The molecule has 0 atom stereocenters. The van der Waals surface area contributed by atoms with Crippen LogP contribution in [0.3, 0.4) is 0 Å². The molecule has 204 valence electrons. The zero-order valence-electron chi connectivity index (χ0n) is 20.7. The quantitative estimate of drug-likeness (QED) is 0.281. The predicted octanol–water partition coefficient (Wildman–Crippen LogP) is 5.51. The number of fused-ring (bicyclic) bond motifs is 1. The minimum atomic E-state index is -4.77. The second-order valence-corrected chi connectivity index (χ2v) is 8.81. The Morgan fingerprint density at radius 3 is 2.42 bits per heavy atom. The van der Waals surface area contributed by atoms with Crippen LogP contribution < -0.4 is 25.6 Å². The van der Waals surface area contributed by atoms with Crippen molar-refractivity contribution in [1.29, 1.82) is 5.26 Å². The number of alkyl halides is 3. The fourth-order valence-corrected chi connectivity index (χ4v) is 4.13. The van der Waals surface area contributed by atoms with Crippen LogP contribution in [-0.4, -0.2) is 42.2 Å². The van der Waals surface area contributed by atoms with E-state index >= 15 is 0 Å². The van der Waals surface area contributed by atoms with Gasteiger partial charge >= 0.3 is 12.2 Å². The molecule has 1 aliphatic heterocycles. The van der Waals surface area contributed by atoms with Crippen molar-refractivity contribution in [2.24, 2.45) is 0 Å². The summed E-state index contributed by atoms with van der Waals surface area (Å²) >= 11 is 0. The molecule has 0 unspecified atom stereocenters. The number of aromatic nitrogens is 2. The topological polar surface area (TPSA) is 115 Å². The van der Waals surface area contributed by atoms with Crippen LogP contribution >= 0.6 is 0 Å². The van der Waals surface area contributed by atoms with E-state index < -0.39 is 29.2 Å². The fourth-order valence-electron chi connectivity index (χ4n) is 4.13. The van der Waals surface area contributed by atoms with Crippen LogP contribution in [0.5, 0.6) is 11.5 Å². The molecule has 3 aromatic carbocycles. The first-order chi connectivity index (χ1) is 19.2. The highest BCUT2D eigenvalue weighted by molar-refractivity contribution is 5.99. The number of nitriles is 1. The van der Waals surface area contributed by atoms with Crippen LogP contribution in [0, 0.1) is 17.1 Å². The van der Waals surface area contributed by atoms with Crippen molar-refractivity contribution in [3.63, 3.8) is 0 Å². The third-order valence-electron chi connectivity index (χ3n) is 6.06. The molecule has 0 bridgehead atoms. The van der Waals surface area contributed by atoms with Crippen molar-refractivity contribution < 1.29 is 27.1 Å². The summed E-state index contributed by atoms with van der Waals surface area (Å²) in [7, 11) is 0. The van der Waals surface area contributed by atoms with E-state index in [2.05, 4.69) is 30.8 Å². The smallest absolute Gasteiger partial charge is 0.417 e. The molecule has 5 rings (SSSR count). The van der Waals surface area contributed by atoms with Crippen molar-refractivity contribution in [2.75, 3.05) is 41.7 Å². The van der Waals surface area contributed by atoms with Gasteiger partial charge in [-0.25, -0.2) is 14.2 Å². The molecule has 1 aromatic heterocycles. The number of halogens is 4. The van der Waals surface area contributed by atoms with Gasteiger partial charge in [-0.1, -0.05) is 0 Å². The number of nitrogens with zero attached hydrogens (tertiary/aromatic N) is 4. The number of piperazine rings is 1. The fraction of sp³-hybridized carbons (Fsp3) is 0.185. The summed E-state index contributed by atoms with van der Waals surface area (Å²) < 4.78 is 60.0. The lowest BCUT2D eigenvalue weighted by Gasteiger charge is -2.28. The second kappa shape index (κ2) is 11.0. The molecular weight excluding hydrogens is 530 g/mol. The van der Waals surface area contributed by atoms with Gasteiger partial charge in [-0.2, -0.15) is 18.4 Å². The van der Waals surface area contributed by atoms with Gasteiger partial charge in [0.1, 0.15) is 11.6 Å². The molecule has 9 nitrogen and oxygen atoms in total. The van der Waals surface area contributed by atoms with E-state index in [4.69, 9.17) is 10.00 Å². The number of hydrogen-bond acceptors (Lipinski definition) is 7. The van der Waals surface area contributed by atoms with Gasteiger partial charge in [-0.05, 0) is 42.5 Å². The van der Waals surface area contributed by atoms with E-state index in [1.165, 1.54) is 18.2 Å². The summed E-state index contributed by atoms with van der Waals surface area (Å²) in [6, 6.07) is 12.0. The molecule has 0 radical (unpaired) electrons. The molecule has 4 aromatic rings. The van der Waals surface area contributed by atoms with Gasteiger partial charge in [-0.15, -0.1) is 0 Å². The van der Waals surface area contributed by atoms with E-state index in [-0.39, 0.29) is 17.1 Å². The zero-order chi connectivity index (χ0) is 28.3. The minimum Gasteiger partial charge on any atom is -0.454 e. The number of carbonyl (C=O) groups is 1. The normalized spacial score (nSPS) is 13.5. The highest BCUT2D eigenvalue weighted by atomic mass is 19.4. The Morgan fingerprint density at radius 2 is 1.73 bits per heavy atom. The monoisotopic (exact) mass is 551 g/mol. The van der Waals surface area contributed by atoms with E-state index in [0.717, 1.165) is 50.2 Å². The van der Waals surface area contributed by atoms with Gasteiger partial charge < -0.3 is 25.6 Å². The predicted molar refractivity (Wildman–Crippen MR) is 140 cm³/mol. The Morgan fingerprint density at radius 1 is 1.00 bits per heavy atom. The molecular formula is C27H21F4N7O2. The third kappa shape index (κ3) is 6.02. The van der Waals surface area contributed by atoms with Gasteiger partial charge in [0, 0.05) is 49.7 Å². The van der Waals surface area contributed by atoms with Gasteiger partial charge in [0.15, 0.2) is 11.6 Å². The molecule has 0 aliphatic carbocycles. The highest BCUT2D eigenvalue weighted by Gasteiger charge is 2.34. The Bertz CT molecular complexity index is 1620. The van der Waals surface area contributed by atoms with Crippen LogP contribution in [-0.2, 0) is 6.18 Å². The summed E-state index contributed by atoms with van der Waals surface area (Å²) in [5.74, 6) is 0.175. The standard InChI is InChI=1S/C27H21F4N7O2/c28-21-12-18(36-26(39)35-17-2-1-16(14-32)20(11-17)27(29,30)31)3-6-24(21)40-19-4-5-22-23(13-19)37-25(15-34-22)38-9-7-33-8-10-38/h1-6,11-13,15,33H,7-10H2,(H2,35,36,39). The zero-order valence-corrected chi connectivity index (χ0v) is 20.7. The molecule has 1 fully saturated rings. The Balaban J connectivity index is 1.26. The third-order valence-corrected chi connectivity index (χ3v) is 6.06. The van der Waals surface area contributed by atoms with Crippen LogP contribution in [0.25, 0.3) is 11.0 Å². The maximum Gasteiger partial charge on any atom is 0.417 e. The first-order valence-electron chi connectivity index (χ1n) is 12.1. The average molecular weight is 552 g/mol. The van der Waals surface area contributed by atoms with E-state index in [9.17, 15) is 22.4 Å². The Hall–Kier alpha value is -4.96. The molecule has 2 amide bonds. The Labute approximate surface area is 225 Å². The molecule has 1 aliphatic rings. The van der Waals surface area contributed by atoms with Crippen LogP contribution in [0.1, 0.15) is 11.1 Å². The number of anilines is 3. The maximum absolute atomic E-state index is 14.8. The molecule has 0 saturated carbocycles. The lowest BCUT2D eigenvalue weighted by atomic mass is 10.1. The summed E-state index contributed by atoms with van der Waals surface area (Å²) in [5.41, 5.74) is -0.669. The number of carbonyl (C=O) groups excluding carboxylic acids is 1. The van der Waals surface area contributed by atoms with Crippen LogP contribution in [0.15, 0.2) is 60.8 Å². The molecule has 3 N–H and O–H groups in total. The van der Waals surface area contributed by atoms with Gasteiger partial charge in [0.2, 0.25) is 0 Å². The summed E-state index contributed by atoms with van der Waals surface area (Å²) in [6.45, 7) is 3.32. The first kappa shape index (κ1) is 26.6. The van der Waals surface area contributed by atoms with Crippen molar-refractivity contribution in [3.8, 4) is 17.6 Å². The molecule has 0 spiro atoms. The number of hydrogen-bond donors (Lipinski definition) is 3. The van der Waals surface area contributed by atoms with Gasteiger partial charge in [0.05, 0.1) is 34.4 Å². The molecule has 40 heavy (non-hydrogen) atoms. The number of rotatable bonds is 5. The van der Waals surface area contributed by atoms with Gasteiger partial charge in [-0.3, -0.25) is 4.98 Å². The number of benzene rings is 3. The SMILES string of the molecule is N#Cc1ccc(NC(=O)Nc2ccc(Oc3ccc4ncc(N5CCNCC5)nc4c3)c(F)c2)cc1C(F)(F)F. The molecule has 2 heterocycles. The molecule has 1 saturated heterocycles. The number of amides is 2. The Kier molecular flexibility index (Phi) is 7.35. The molecule has 13 heteroatoms. The van der Waals surface area contributed by atoms with E-state index in [1.807, 2.05) is 0 Å². The minimum absolute atomic E-state index is 0.0390. The van der Waals surface area contributed by atoms with Crippen molar-refractivity contribution in [2.45, 2.75) is 6.18 Å². The maximum atomic E-state index is 14.8. The summed E-state index contributed by atoms with van der Waals surface area (Å²) in [6.07, 6.45) is -3.06. The van der Waals surface area contributed by atoms with Crippen molar-refractivity contribution in [3.05, 3.63) is 77.7 Å². The van der Waals surface area contributed by atoms with E-state index in [0.29, 0.717) is 22.8 Å². The first-order valence-corrected chi connectivity index (χ1v) is 12.1. The van der Waals surface area contributed by atoms with Crippen molar-refractivity contribution in [1.82, 2.24) is 15.3 Å². The summed E-state index contributed by atoms with van der Waals surface area (Å²) in [5, 5.41) is 16.8. The summed E-state index contributed by atoms with van der Waals surface area (Å²) in [4.78, 5) is 23.5.